The average molecular weight is 357 g/mol. The highest BCUT2D eigenvalue weighted by atomic mass is 79.9. The van der Waals surface area contributed by atoms with Crippen LogP contribution in [0.25, 0.3) is 0 Å². The summed E-state index contributed by atoms with van der Waals surface area (Å²) < 4.78 is 13.7. The van der Waals surface area contributed by atoms with Crippen LogP contribution in [-0.2, 0) is 9.59 Å². The maximum Gasteiger partial charge on any atom is 0.250 e. The third-order valence-corrected chi connectivity index (χ3v) is 4.23. The number of amides is 2. The molecule has 0 aromatic heterocycles. The van der Waals surface area contributed by atoms with Crippen molar-refractivity contribution in [1.29, 1.82) is 0 Å². The number of benzene rings is 1. The average Bonchev–Trinajstić information content (AvgIpc) is 2.43. The van der Waals surface area contributed by atoms with E-state index in [2.05, 4.69) is 21.2 Å². The molecule has 21 heavy (non-hydrogen) atoms. The third-order valence-electron chi connectivity index (χ3n) is 3.62. The van der Waals surface area contributed by atoms with E-state index in [1.165, 1.54) is 23.1 Å². The van der Waals surface area contributed by atoms with Gasteiger partial charge in [0.2, 0.25) is 11.8 Å². The Balaban J connectivity index is 2.49. The highest BCUT2D eigenvalue weighted by molar-refractivity contribution is 9.10. The molecule has 0 bridgehead atoms. The zero-order chi connectivity index (χ0) is 15.7. The second-order valence-corrected chi connectivity index (χ2v) is 6.32. The van der Waals surface area contributed by atoms with Gasteiger partial charge in [0.15, 0.2) is 0 Å². The number of hydrogen-bond donors (Lipinski definition) is 1. The van der Waals surface area contributed by atoms with Crippen molar-refractivity contribution >= 4 is 33.4 Å². The fraction of sp³-hybridized carbons (Fsp3) is 0.467. The smallest absolute Gasteiger partial charge is 0.250 e. The molecule has 1 fully saturated rings. The molecule has 1 saturated heterocycles. The maximum atomic E-state index is 13.4. The first kappa shape index (κ1) is 15.9. The fourth-order valence-corrected chi connectivity index (χ4v) is 2.91. The molecule has 1 aromatic rings. The van der Waals surface area contributed by atoms with Crippen LogP contribution in [0.1, 0.15) is 27.2 Å². The fourth-order valence-electron chi connectivity index (χ4n) is 2.54. The Labute approximate surface area is 131 Å². The summed E-state index contributed by atoms with van der Waals surface area (Å²) in [7, 11) is 0. The number of halogens is 2. The summed E-state index contributed by atoms with van der Waals surface area (Å²) in [5.41, 5.74) is 0.528. The highest BCUT2D eigenvalue weighted by Crippen LogP contribution is 2.29. The van der Waals surface area contributed by atoms with Crippen molar-refractivity contribution in [2.75, 3.05) is 4.90 Å². The lowest BCUT2D eigenvalue weighted by molar-refractivity contribution is -0.134. The quantitative estimate of drug-likeness (QED) is 0.905. The van der Waals surface area contributed by atoms with Gasteiger partial charge in [0.05, 0.1) is 4.47 Å². The second-order valence-electron chi connectivity index (χ2n) is 5.46. The van der Waals surface area contributed by atoms with Gasteiger partial charge in [0.1, 0.15) is 17.9 Å². The molecule has 1 heterocycles. The standard InChI is InChI=1S/C15H18BrFN2O2/c1-4-12-15(21)19(13(8(2)3)14(20)18-12)9-5-6-11(17)10(16)7-9/h5-8,12-13H,4H2,1-3H3,(H,18,20). The van der Waals surface area contributed by atoms with E-state index < -0.39 is 17.9 Å². The number of hydrogen-bond acceptors (Lipinski definition) is 2. The van der Waals surface area contributed by atoms with Gasteiger partial charge >= 0.3 is 0 Å². The summed E-state index contributed by atoms with van der Waals surface area (Å²) in [6.07, 6.45) is 0.522. The van der Waals surface area contributed by atoms with Crippen molar-refractivity contribution in [3.05, 3.63) is 28.5 Å². The van der Waals surface area contributed by atoms with Crippen molar-refractivity contribution in [3.63, 3.8) is 0 Å². The van der Waals surface area contributed by atoms with Crippen LogP contribution in [0.2, 0.25) is 0 Å². The third kappa shape index (κ3) is 2.95. The van der Waals surface area contributed by atoms with E-state index in [9.17, 15) is 14.0 Å². The molecule has 1 aliphatic heterocycles. The van der Waals surface area contributed by atoms with Gasteiger partial charge in [-0.25, -0.2) is 4.39 Å². The van der Waals surface area contributed by atoms with Crippen LogP contribution in [0.15, 0.2) is 22.7 Å². The summed E-state index contributed by atoms with van der Waals surface area (Å²) in [4.78, 5) is 26.4. The van der Waals surface area contributed by atoms with Crippen LogP contribution in [-0.4, -0.2) is 23.9 Å². The number of carbonyl (C=O) groups excluding carboxylic acids is 2. The summed E-state index contributed by atoms with van der Waals surface area (Å²) in [5.74, 6) is -0.775. The molecule has 4 nitrogen and oxygen atoms in total. The molecule has 1 aromatic carbocycles. The van der Waals surface area contributed by atoms with Gasteiger partial charge in [-0.2, -0.15) is 0 Å². The molecule has 2 unspecified atom stereocenters. The molecular formula is C15H18BrFN2O2. The first-order valence-electron chi connectivity index (χ1n) is 6.95. The normalized spacial score (nSPS) is 22.7. The predicted octanol–water partition coefficient (Wildman–Crippen LogP) is 2.85. The highest BCUT2D eigenvalue weighted by Gasteiger charge is 2.42. The maximum absolute atomic E-state index is 13.4. The van der Waals surface area contributed by atoms with E-state index in [1.54, 1.807) is 0 Å². The van der Waals surface area contributed by atoms with Gasteiger partial charge in [-0.3, -0.25) is 14.5 Å². The van der Waals surface area contributed by atoms with Crippen LogP contribution in [0, 0.1) is 11.7 Å². The van der Waals surface area contributed by atoms with Crippen molar-refractivity contribution in [2.45, 2.75) is 39.3 Å². The number of nitrogens with zero attached hydrogens (tertiary/aromatic N) is 1. The van der Waals surface area contributed by atoms with Crippen LogP contribution in [0.3, 0.4) is 0 Å². The Morgan fingerprint density at radius 1 is 1.38 bits per heavy atom. The van der Waals surface area contributed by atoms with Crippen molar-refractivity contribution in [3.8, 4) is 0 Å². The van der Waals surface area contributed by atoms with Gasteiger partial charge in [-0.1, -0.05) is 20.8 Å². The molecule has 6 heteroatoms. The first-order chi connectivity index (χ1) is 9.86. The molecule has 2 rings (SSSR count). The Morgan fingerprint density at radius 2 is 2.05 bits per heavy atom. The minimum Gasteiger partial charge on any atom is -0.342 e. The van der Waals surface area contributed by atoms with E-state index in [4.69, 9.17) is 0 Å². The van der Waals surface area contributed by atoms with Crippen LogP contribution >= 0.6 is 15.9 Å². The lowest BCUT2D eigenvalue weighted by Crippen LogP contribution is -2.65. The largest absolute Gasteiger partial charge is 0.342 e. The SMILES string of the molecule is CCC1NC(=O)C(C(C)C)N(c2ccc(F)c(Br)c2)C1=O. The minimum atomic E-state index is -0.585. The monoisotopic (exact) mass is 356 g/mol. The van der Waals surface area contributed by atoms with E-state index in [-0.39, 0.29) is 22.2 Å². The second kappa shape index (κ2) is 6.13. The molecule has 114 valence electrons. The van der Waals surface area contributed by atoms with Gasteiger partial charge in [-0.05, 0) is 46.5 Å². The van der Waals surface area contributed by atoms with Crippen molar-refractivity contribution in [2.24, 2.45) is 5.92 Å². The van der Waals surface area contributed by atoms with Crippen LogP contribution in [0.4, 0.5) is 10.1 Å². The lowest BCUT2D eigenvalue weighted by Gasteiger charge is -2.40. The number of anilines is 1. The molecule has 1 N–H and O–H groups in total. The van der Waals surface area contributed by atoms with E-state index in [0.29, 0.717) is 12.1 Å². The van der Waals surface area contributed by atoms with Gasteiger partial charge in [0.25, 0.3) is 0 Å². The molecule has 0 saturated carbocycles. The number of piperazine rings is 1. The number of nitrogens with one attached hydrogen (secondary N) is 1. The number of rotatable bonds is 3. The molecule has 0 spiro atoms. The van der Waals surface area contributed by atoms with Gasteiger partial charge in [-0.15, -0.1) is 0 Å². The molecule has 0 radical (unpaired) electrons. The molecule has 1 aliphatic rings. The Bertz CT molecular complexity index is 577. The lowest BCUT2D eigenvalue weighted by atomic mass is 9.95. The topological polar surface area (TPSA) is 49.4 Å². The Hall–Kier alpha value is -1.43. The summed E-state index contributed by atoms with van der Waals surface area (Å²) in [5, 5.41) is 2.76. The summed E-state index contributed by atoms with van der Waals surface area (Å²) >= 11 is 3.12. The Kier molecular flexibility index (Phi) is 4.66. The molecule has 2 amide bonds. The van der Waals surface area contributed by atoms with E-state index in [0.717, 1.165) is 0 Å². The zero-order valence-corrected chi connectivity index (χ0v) is 13.8. The Morgan fingerprint density at radius 3 is 2.57 bits per heavy atom. The molecular weight excluding hydrogens is 339 g/mol. The molecule has 0 aliphatic carbocycles. The van der Waals surface area contributed by atoms with E-state index >= 15 is 0 Å². The van der Waals surface area contributed by atoms with Gasteiger partial charge < -0.3 is 5.32 Å². The molecule has 2 atom stereocenters. The summed E-state index contributed by atoms with van der Waals surface area (Å²) in [6, 6.07) is 3.23. The minimum absolute atomic E-state index is 0.0458. The summed E-state index contributed by atoms with van der Waals surface area (Å²) in [6.45, 7) is 5.61. The predicted molar refractivity (Wildman–Crippen MR) is 82.4 cm³/mol. The van der Waals surface area contributed by atoms with E-state index in [1.807, 2.05) is 20.8 Å². The van der Waals surface area contributed by atoms with Crippen LogP contribution < -0.4 is 10.2 Å². The zero-order valence-electron chi connectivity index (χ0n) is 12.2. The van der Waals surface area contributed by atoms with Crippen LogP contribution in [0.5, 0.6) is 0 Å². The first-order valence-corrected chi connectivity index (χ1v) is 7.74. The number of carbonyl (C=O) groups is 2. The van der Waals surface area contributed by atoms with Gasteiger partial charge in [0, 0.05) is 5.69 Å². The van der Waals surface area contributed by atoms with Crippen molar-refractivity contribution in [1.82, 2.24) is 5.32 Å². The van der Waals surface area contributed by atoms with Crippen molar-refractivity contribution < 1.29 is 14.0 Å².